The number of hydrogen-bond donors (Lipinski definition) is 0. The lowest BCUT2D eigenvalue weighted by atomic mass is 9.90. The molecule has 248 valence electrons. The van der Waals surface area contributed by atoms with Crippen LogP contribution in [0, 0.1) is 0 Å². The van der Waals surface area contributed by atoms with Gasteiger partial charge < -0.3 is 13.7 Å². The predicted octanol–water partition coefficient (Wildman–Crippen LogP) is 14.6. The van der Waals surface area contributed by atoms with E-state index in [0.29, 0.717) is 4.90 Å². The van der Waals surface area contributed by atoms with Gasteiger partial charge in [0.25, 0.3) is 0 Å². The van der Waals surface area contributed by atoms with E-state index in [2.05, 4.69) is 0 Å². The van der Waals surface area contributed by atoms with Crippen molar-refractivity contribution in [2.24, 2.45) is 0 Å². The third-order valence-corrected chi connectivity index (χ3v) is 8.50. The molecular weight excluding hydrogens is 647 g/mol. The fraction of sp³-hybridized carbons (Fsp3) is 0. The molecular formula is C50H31NO2. The minimum absolute atomic E-state index is 0.464. The molecule has 0 amide bonds. The second kappa shape index (κ2) is 11.7. The van der Waals surface area contributed by atoms with Gasteiger partial charge in [-0.3, -0.25) is 0 Å². The van der Waals surface area contributed by atoms with Crippen LogP contribution in [0.5, 0.6) is 0 Å². The van der Waals surface area contributed by atoms with Crippen molar-refractivity contribution in [2.45, 2.75) is 0 Å². The molecule has 0 radical (unpaired) electrons. The number of para-hydroxylation sites is 3. The standard InChI is InChI=1S/C50H31NO2/c1-2-16-33(17-3-1)51(44-31-32-15-4-5-18-34(32)35-19-8-9-22-38(35)44)43-30-29-40(50-49(43)42-24-11-13-27-46(42)53-50)37-21-7-6-20-36(37)39-25-14-28-47-48(39)41-23-10-12-26-45(41)52-47/h1-31H/i1D,2D,3D,4D,5D,6D,7D,8D,9D,10D,11D,12D,13D,14D,15D,16D,17D,18D,19D,20D,21D,22D,23D,24D,25D,26D,27D,28D,29D,30D,31D. The van der Waals surface area contributed by atoms with Crippen molar-refractivity contribution in [3.63, 3.8) is 0 Å². The SMILES string of the molecule is [2H]c1c([2H])c([2H])c(N(c2c([2H])c3c([2H])c([2H])c([2H])c([2H])c3c3c([2H])c([2H])c([2H])c([2H])c23)c2c([2H])c([2H])c(-c3c([2H])c([2H])c([2H])c([2H])c3-c3c([2H])c([2H])c([2H])c4oc5c([2H])c([2H])c([2H])c([2H])c5c34)c3oc4c([2H])c([2H])c([2H])c([2H])c4c23)c([2H])c1[2H]. The van der Waals surface area contributed by atoms with E-state index in [1.54, 1.807) is 0 Å². The molecule has 0 aliphatic carbocycles. The maximum atomic E-state index is 10.2. The summed E-state index contributed by atoms with van der Waals surface area (Å²) >= 11 is 0. The molecule has 3 heteroatoms. The van der Waals surface area contributed by atoms with E-state index in [-0.39, 0.29) is 0 Å². The lowest BCUT2D eigenvalue weighted by Gasteiger charge is -2.28. The fourth-order valence-electron chi connectivity index (χ4n) is 6.35. The van der Waals surface area contributed by atoms with Crippen molar-refractivity contribution >= 4 is 82.5 Å². The van der Waals surface area contributed by atoms with Crippen LogP contribution in [-0.2, 0) is 0 Å². The first-order valence-corrected chi connectivity index (χ1v) is 15.5. The molecule has 0 bridgehead atoms. The molecule has 0 atom stereocenters. The Bertz CT molecular complexity index is 4960. The third-order valence-electron chi connectivity index (χ3n) is 8.50. The van der Waals surface area contributed by atoms with Crippen LogP contribution in [0.15, 0.2) is 196 Å². The van der Waals surface area contributed by atoms with Gasteiger partial charge in [-0.2, -0.15) is 0 Å². The summed E-state index contributed by atoms with van der Waals surface area (Å²) in [5, 5.41) is -5.87. The Kier molecular flexibility index (Phi) is 2.71. The van der Waals surface area contributed by atoms with Gasteiger partial charge in [0.2, 0.25) is 0 Å². The zero-order chi connectivity index (χ0) is 61.9. The van der Waals surface area contributed by atoms with Gasteiger partial charge in [0.15, 0.2) is 0 Å². The maximum absolute atomic E-state index is 10.2. The minimum Gasteiger partial charge on any atom is -0.456 e. The number of nitrogens with zero attached hydrogens (tertiary/aromatic N) is 1. The van der Waals surface area contributed by atoms with Crippen molar-refractivity contribution in [1.29, 1.82) is 0 Å². The summed E-state index contributed by atoms with van der Waals surface area (Å²) in [6.07, 6.45) is 0. The molecule has 9 aromatic carbocycles. The normalized spacial score (nSPS) is 20.0. The van der Waals surface area contributed by atoms with Crippen molar-refractivity contribution in [1.82, 2.24) is 0 Å². The first-order chi connectivity index (χ1) is 39.2. The van der Waals surface area contributed by atoms with E-state index < -0.39 is 292 Å². The molecule has 0 saturated heterocycles. The first kappa shape index (κ1) is 12.3. The second-order valence-corrected chi connectivity index (χ2v) is 11.3. The van der Waals surface area contributed by atoms with Crippen LogP contribution < -0.4 is 4.90 Å². The molecule has 0 fully saturated rings. The lowest BCUT2D eigenvalue weighted by Crippen LogP contribution is -2.11. The van der Waals surface area contributed by atoms with Crippen LogP contribution in [0.1, 0.15) is 42.5 Å². The summed E-state index contributed by atoms with van der Waals surface area (Å²) in [5.74, 6) is 0. The highest BCUT2D eigenvalue weighted by Gasteiger charge is 2.25. The van der Waals surface area contributed by atoms with E-state index in [4.69, 9.17) is 36.2 Å². The summed E-state index contributed by atoms with van der Waals surface area (Å²) in [5.41, 5.74) is -9.91. The third kappa shape index (κ3) is 4.54. The van der Waals surface area contributed by atoms with Crippen molar-refractivity contribution in [3.05, 3.63) is 187 Å². The molecule has 0 spiro atoms. The van der Waals surface area contributed by atoms with Gasteiger partial charge in [0, 0.05) is 32.8 Å². The number of anilines is 3. The van der Waals surface area contributed by atoms with Gasteiger partial charge in [0.1, 0.15) is 22.3 Å². The molecule has 0 saturated carbocycles. The number of furan rings is 2. The highest BCUT2D eigenvalue weighted by atomic mass is 16.3. The molecule has 0 aliphatic heterocycles. The van der Waals surface area contributed by atoms with Crippen LogP contribution in [0.3, 0.4) is 0 Å². The van der Waals surface area contributed by atoms with E-state index in [1.807, 2.05) is 0 Å². The Morgan fingerprint density at radius 1 is 0.358 bits per heavy atom. The zero-order valence-corrected chi connectivity index (χ0v) is 26.3. The Balaban J connectivity index is 1.47. The average Bonchev–Trinajstić information content (AvgIpc) is 1.21. The molecule has 11 aromatic rings. The smallest absolute Gasteiger partial charge is 0.145 e. The summed E-state index contributed by atoms with van der Waals surface area (Å²) in [7, 11) is 0. The van der Waals surface area contributed by atoms with Gasteiger partial charge in [-0.25, -0.2) is 0 Å². The van der Waals surface area contributed by atoms with Gasteiger partial charge >= 0.3 is 0 Å². The molecule has 0 N–H and O–H groups in total. The van der Waals surface area contributed by atoms with Crippen molar-refractivity contribution in [3.8, 4) is 22.3 Å². The molecule has 2 heterocycles. The minimum atomic E-state index is -1.32. The second-order valence-electron chi connectivity index (χ2n) is 11.3. The predicted molar refractivity (Wildman–Crippen MR) is 222 cm³/mol. The number of hydrogen-bond acceptors (Lipinski definition) is 3. The van der Waals surface area contributed by atoms with E-state index >= 15 is 0 Å². The Hall–Kier alpha value is -7.10. The van der Waals surface area contributed by atoms with Crippen LogP contribution in [0.2, 0.25) is 0 Å². The number of rotatable bonds is 5. The monoisotopic (exact) mass is 708 g/mol. The molecule has 2 aromatic heterocycles. The summed E-state index contributed by atoms with van der Waals surface area (Å²) in [6, 6.07) is -32.1. The van der Waals surface area contributed by atoms with Gasteiger partial charge in [-0.05, 0) is 81.2 Å². The van der Waals surface area contributed by atoms with Crippen LogP contribution in [-0.4, -0.2) is 0 Å². The number of fused-ring (bicyclic) bond motifs is 9. The Morgan fingerprint density at radius 2 is 0.925 bits per heavy atom. The van der Waals surface area contributed by atoms with Gasteiger partial charge in [-0.1, -0.05) is 139 Å². The van der Waals surface area contributed by atoms with Crippen molar-refractivity contribution < 1.29 is 51.3 Å². The first-order valence-electron chi connectivity index (χ1n) is 31.0. The highest BCUT2D eigenvalue weighted by Crippen LogP contribution is 2.50. The Labute approximate surface area is 349 Å². The summed E-state index contributed by atoms with van der Waals surface area (Å²) in [4.78, 5) is 0.464. The largest absolute Gasteiger partial charge is 0.456 e. The van der Waals surface area contributed by atoms with Gasteiger partial charge in [0.05, 0.1) is 59.3 Å². The molecule has 11 rings (SSSR count). The average molecular weight is 709 g/mol. The lowest BCUT2D eigenvalue weighted by molar-refractivity contribution is 0.669. The molecule has 0 unspecified atom stereocenters. The maximum Gasteiger partial charge on any atom is 0.145 e. The van der Waals surface area contributed by atoms with E-state index in [1.165, 1.54) is 0 Å². The summed E-state index contributed by atoms with van der Waals surface area (Å²) < 4.78 is 295. The van der Waals surface area contributed by atoms with Gasteiger partial charge in [-0.15, -0.1) is 0 Å². The number of benzene rings is 9. The zero-order valence-electron chi connectivity index (χ0n) is 57.3. The molecule has 3 nitrogen and oxygen atoms in total. The van der Waals surface area contributed by atoms with Crippen LogP contribution >= 0.6 is 0 Å². The highest BCUT2D eigenvalue weighted by molar-refractivity contribution is 6.21. The molecule has 0 aliphatic rings. The molecule has 53 heavy (non-hydrogen) atoms. The quantitative estimate of drug-likeness (QED) is 0.167. The van der Waals surface area contributed by atoms with Crippen molar-refractivity contribution in [2.75, 3.05) is 4.90 Å². The van der Waals surface area contributed by atoms with Crippen LogP contribution in [0.25, 0.3) is 87.7 Å². The topological polar surface area (TPSA) is 29.5 Å². The Morgan fingerprint density at radius 3 is 1.72 bits per heavy atom. The van der Waals surface area contributed by atoms with E-state index in [0.717, 1.165) is 0 Å². The van der Waals surface area contributed by atoms with E-state index in [9.17, 15) is 15.1 Å². The van der Waals surface area contributed by atoms with Crippen LogP contribution in [0.4, 0.5) is 17.1 Å². The fourth-order valence-corrected chi connectivity index (χ4v) is 6.35. The summed E-state index contributed by atoms with van der Waals surface area (Å²) in [6.45, 7) is 0.